The molecular formula is C18H22O3. The molecule has 1 fully saturated rings. The van der Waals surface area contributed by atoms with Gasteiger partial charge in [0.25, 0.3) is 0 Å². The van der Waals surface area contributed by atoms with E-state index in [0.29, 0.717) is 5.41 Å². The number of hydrogen-bond donors (Lipinski definition) is 0. The number of ether oxygens (including phenoxy) is 2. The minimum Gasteiger partial charge on any atom is -0.493 e. The third-order valence-corrected chi connectivity index (χ3v) is 3.89. The maximum Gasteiger partial charge on any atom is 0.307 e. The van der Waals surface area contributed by atoms with Crippen molar-refractivity contribution in [2.75, 3.05) is 13.7 Å². The van der Waals surface area contributed by atoms with Crippen LogP contribution in [0.2, 0.25) is 0 Å². The van der Waals surface area contributed by atoms with Gasteiger partial charge in [0.2, 0.25) is 0 Å². The Labute approximate surface area is 126 Å². The lowest BCUT2D eigenvalue weighted by Gasteiger charge is -2.13. The summed E-state index contributed by atoms with van der Waals surface area (Å²) in [5.74, 6) is 6.43. The molecule has 2 rings (SSSR count). The Hall–Kier alpha value is -1.95. The number of benzene rings is 1. The Morgan fingerprint density at radius 2 is 2.00 bits per heavy atom. The minimum absolute atomic E-state index is 0.127. The summed E-state index contributed by atoms with van der Waals surface area (Å²) in [6.45, 7) is 4.79. The van der Waals surface area contributed by atoms with Gasteiger partial charge in [0.15, 0.2) is 0 Å². The fourth-order valence-electron chi connectivity index (χ4n) is 2.09. The highest BCUT2D eigenvalue weighted by Gasteiger charge is 2.38. The first-order valence-corrected chi connectivity index (χ1v) is 7.28. The molecule has 0 aromatic heterocycles. The van der Waals surface area contributed by atoms with Crippen LogP contribution in [0.5, 0.6) is 5.75 Å². The summed E-state index contributed by atoms with van der Waals surface area (Å²) >= 11 is 0. The molecule has 1 aromatic rings. The van der Waals surface area contributed by atoms with Crippen LogP contribution >= 0.6 is 0 Å². The summed E-state index contributed by atoms with van der Waals surface area (Å²) in [5.41, 5.74) is 1.39. The van der Waals surface area contributed by atoms with E-state index >= 15 is 0 Å². The summed E-state index contributed by atoms with van der Waals surface area (Å²) < 4.78 is 10.5. The van der Waals surface area contributed by atoms with Crippen LogP contribution in [-0.2, 0) is 9.53 Å². The molecule has 1 atom stereocenters. The number of methoxy groups -OCH3 is 1. The molecule has 1 saturated carbocycles. The second kappa shape index (κ2) is 6.67. The Morgan fingerprint density at radius 3 is 2.52 bits per heavy atom. The summed E-state index contributed by atoms with van der Waals surface area (Å²) in [6, 6.07) is 7.84. The largest absolute Gasteiger partial charge is 0.493 e. The molecule has 3 heteroatoms. The lowest BCUT2D eigenvalue weighted by molar-refractivity contribution is -0.140. The lowest BCUT2D eigenvalue weighted by Crippen LogP contribution is -2.09. The SMILES string of the molecule is CC#CC(CC(=O)OC)c1ccc(OCC2(C)CC2)cc1. The Balaban J connectivity index is 2.00. The molecule has 3 nitrogen and oxygen atoms in total. The number of rotatable bonds is 6. The molecule has 0 heterocycles. The van der Waals surface area contributed by atoms with E-state index in [9.17, 15) is 4.79 Å². The van der Waals surface area contributed by atoms with Crippen molar-refractivity contribution >= 4 is 5.97 Å². The van der Waals surface area contributed by atoms with Gasteiger partial charge in [-0.1, -0.05) is 25.0 Å². The van der Waals surface area contributed by atoms with Gasteiger partial charge in [-0.15, -0.1) is 5.92 Å². The molecular weight excluding hydrogens is 264 g/mol. The first-order valence-electron chi connectivity index (χ1n) is 7.28. The standard InChI is InChI=1S/C18H22O3/c1-4-5-15(12-17(19)20-3)14-6-8-16(9-7-14)21-13-18(2)10-11-18/h6-9,15H,10-13H2,1-3H3. The zero-order chi connectivity index (χ0) is 15.3. The van der Waals surface area contributed by atoms with Crippen LogP contribution in [0, 0.1) is 17.3 Å². The van der Waals surface area contributed by atoms with Gasteiger partial charge in [-0.25, -0.2) is 0 Å². The second-order valence-corrected chi connectivity index (χ2v) is 5.90. The van der Waals surface area contributed by atoms with Gasteiger partial charge in [0.05, 0.1) is 26.1 Å². The average Bonchev–Trinajstić information content (AvgIpc) is 3.23. The highest BCUT2D eigenvalue weighted by Crippen LogP contribution is 2.45. The number of hydrogen-bond acceptors (Lipinski definition) is 3. The highest BCUT2D eigenvalue weighted by atomic mass is 16.5. The zero-order valence-corrected chi connectivity index (χ0v) is 12.9. The molecule has 0 amide bonds. The molecule has 0 bridgehead atoms. The molecule has 112 valence electrons. The van der Waals surface area contributed by atoms with Crippen LogP contribution in [0.15, 0.2) is 24.3 Å². The van der Waals surface area contributed by atoms with Crippen molar-refractivity contribution in [3.63, 3.8) is 0 Å². The molecule has 0 N–H and O–H groups in total. The van der Waals surface area contributed by atoms with Crippen molar-refractivity contribution in [3.8, 4) is 17.6 Å². The molecule has 0 aliphatic heterocycles. The summed E-state index contributed by atoms with van der Waals surface area (Å²) in [6.07, 6.45) is 2.77. The third-order valence-electron chi connectivity index (χ3n) is 3.89. The van der Waals surface area contributed by atoms with Crippen LogP contribution in [0.1, 0.15) is 44.6 Å². The van der Waals surface area contributed by atoms with Crippen molar-refractivity contribution in [1.82, 2.24) is 0 Å². The molecule has 0 radical (unpaired) electrons. The lowest BCUT2D eigenvalue weighted by atomic mass is 9.96. The van der Waals surface area contributed by atoms with Gasteiger partial charge in [-0.3, -0.25) is 4.79 Å². The van der Waals surface area contributed by atoms with E-state index in [1.807, 2.05) is 24.3 Å². The van der Waals surface area contributed by atoms with Crippen LogP contribution < -0.4 is 4.74 Å². The molecule has 1 aliphatic rings. The van der Waals surface area contributed by atoms with E-state index in [-0.39, 0.29) is 18.3 Å². The van der Waals surface area contributed by atoms with Crippen molar-refractivity contribution in [1.29, 1.82) is 0 Å². The van der Waals surface area contributed by atoms with Gasteiger partial charge in [-0.05, 0) is 37.5 Å². The molecule has 21 heavy (non-hydrogen) atoms. The van der Waals surface area contributed by atoms with Gasteiger partial charge in [0.1, 0.15) is 5.75 Å². The Kier molecular flexibility index (Phi) is 4.90. The number of esters is 1. The maximum absolute atomic E-state index is 11.4. The molecule has 1 unspecified atom stereocenters. The second-order valence-electron chi connectivity index (χ2n) is 5.90. The summed E-state index contributed by atoms with van der Waals surface area (Å²) in [7, 11) is 1.40. The fourth-order valence-corrected chi connectivity index (χ4v) is 2.09. The zero-order valence-electron chi connectivity index (χ0n) is 12.9. The van der Waals surface area contributed by atoms with Gasteiger partial charge in [0, 0.05) is 5.41 Å². The van der Waals surface area contributed by atoms with Gasteiger partial charge < -0.3 is 9.47 Å². The maximum atomic E-state index is 11.4. The van der Waals surface area contributed by atoms with Crippen LogP contribution in [0.3, 0.4) is 0 Å². The van der Waals surface area contributed by atoms with Crippen molar-refractivity contribution in [3.05, 3.63) is 29.8 Å². The van der Waals surface area contributed by atoms with Crippen LogP contribution in [0.4, 0.5) is 0 Å². The fraction of sp³-hybridized carbons (Fsp3) is 0.500. The first-order chi connectivity index (χ1) is 10.1. The van der Waals surface area contributed by atoms with Gasteiger partial charge >= 0.3 is 5.97 Å². The average molecular weight is 286 g/mol. The monoisotopic (exact) mass is 286 g/mol. The minimum atomic E-state index is -0.246. The first kappa shape index (κ1) is 15.4. The van der Waals surface area contributed by atoms with E-state index in [1.54, 1.807) is 6.92 Å². The normalized spacial score (nSPS) is 16.3. The van der Waals surface area contributed by atoms with E-state index in [2.05, 4.69) is 18.8 Å². The van der Waals surface area contributed by atoms with Crippen LogP contribution in [0.25, 0.3) is 0 Å². The van der Waals surface area contributed by atoms with E-state index in [1.165, 1.54) is 20.0 Å². The van der Waals surface area contributed by atoms with Gasteiger partial charge in [-0.2, -0.15) is 0 Å². The molecule has 1 aliphatic carbocycles. The van der Waals surface area contributed by atoms with E-state index in [4.69, 9.17) is 9.47 Å². The molecule has 0 spiro atoms. The molecule has 0 saturated heterocycles. The van der Waals surface area contributed by atoms with E-state index < -0.39 is 0 Å². The molecule has 1 aromatic carbocycles. The summed E-state index contributed by atoms with van der Waals surface area (Å²) in [4.78, 5) is 11.4. The Morgan fingerprint density at radius 1 is 1.33 bits per heavy atom. The quantitative estimate of drug-likeness (QED) is 0.593. The topological polar surface area (TPSA) is 35.5 Å². The third kappa shape index (κ3) is 4.53. The predicted molar refractivity (Wildman–Crippen MR) is 82.1 cm³/mol. The van der Waals surface area contributed by atoms with Crippen molar-refractivity contribution in [2.45, 2.75) is 39.0 Å². The number of carbonyl (C=O) groups is 1. The Bertz CT molecular complexity index is 544. The van der Waals surface area contributed by atoms with Crippen LogP contribution in [-0.4, -0.2) is 19.7 Å². The number of carbonyl (C=O) groups excluding carboxylic acids is 1. The summed E-state index contributed by atoms with van der Waals surface area (Å²) in [5, 5.41) is 0. The van der Waals surface area contributed by atoms with Crippen molar-refractivity contribution in [2.24, 2.45) is 5.41 Å². The smallest absolute Gasteiger partial charge is 0.307 e. The predicted octanol–water partition coefficient (Wildman–Crippen LogP) is 3.54. The van der Waals surface area contributed by atoms with E-state index in [0.717, 1.165) is 17.9 Å². The van der Waals surface area contributed by atoms with Crippen molar-refractivity contribution < 1.29 is 14.3 Å². The highest BCUT2D eigenvalue weighted by molar-refractivity contribution is 5.71.